The first-order valence-corrected chi connectivity index (χ1v) is 7.28. The number of hydrogen-bond donors (Lipinski definition) is 2. The van der Waals surface area contributed by atoms with Crippen LogP contribution >= 0.6 is 0 Å². The second-order valence-electron chi connectivity index (χ2n) is 5.40. The first kappa shape index (κ1) is 18.8. The molecule has 0 aliphatic rings. The van der Waals surface area contributed by atoms with Gasteiger partial charge in [-0.2, -0.15) is 0 Å². The highest BCUT2D eigenvalue weighted by atomic mass is 16.5. The number of methoxy groups -OCH3 is 2. The predicted octanol–water partition coefficient (Wildman–Crippen LogP) is 1.20. The Morgan fingerprint density at radius 2 is 1.74 bits per heavy atom. The number of ether oxygens (including phenoxy) is 2. The topological polar surface area (TPSA) is 79.9 Å². The second kappa shape index (κ2) is 8.38. The maximum Gasteiger partial charge on any atom is 0.255 e. The van der Waals surface area contributed by atoms with Crippen LogP contribution in [0, 0.1) is 5.92 Å². The lowest BCUT2D eigenvalue weighted by atomic mass is 10.1. The van der Waals surface area contributed by atoms with Crippen molar-refractivity contribution in [2.45, 2.75) is 6.92 Å². The molecule has 0 heterocycles. The molecule has 2 amide bonds. The normalized spacial score (nSPS) is 11.6. The monoisotopic (exact) mass is 323 g/mol. The summed E-state index contributed by atoms with van der Waals surface area (Å²) in [6, 6.07) is 3.17. The molecule has 23 heavy (non-hydrogen) atoms. The molecule has 1 aromatic carbocycles. The maximum absolute atomic E-state index is 12.4. The van der Waals surface area contributed by atoms with Crippen molar-refractivity contribution in [3.05, 3.63) is 17.7 Å². The minimum absolute atomic E-state index is 0.181. The molecule has 1 aromatic rings. The Balaban J connectivity index is 3.26. The Morgan fingerprint density at radius 3 is 2.22 bits per heavy atom. The van der Waals surface area contributed by atoms with E-state index in [0.29, 0.717) is 29.3 Å². The molecule has 0 aliphatic heterocycles. The SMILES string of the molecule is CNCC(C)C(=O)Nc1cc(OC)c(OC)cc1C(=O)N(C)C. The highest BCUT2D eigenvalue weighted by molar-refractivity contribution is 6.04. The summed E-state index contributed by atoms with van der Waals surface area (Å²) in [6.07, 6.45) is 0. The zero-order valence-electron chi connectivity index (χ0n) is 14.5. The van der Waals surface area contributed by atoms with Crippen LogP contribution < -0.4 is 20.1 Å². The Bertz CT molecular complexity index is 573. The van der Waals surface area contributed by atoms with Gasteiger partial charge in [0.2, 0.25) is 5.91 Å². The Kier molecular flexibility index (Phi) is 6.84. The lowest BCUT2D eigenvalue weighted by Gasteiger charge is -2.19. The van der Waals surface area contributed by atoms with Crippen molar-refractivity contribution in [3.8, 4) is 11.5 Å². The average Bonchev–Trinajstić information content (AvgIpc) is 2.53. The molecule has 7 nitrogen and oxygen atoms in total. The van der Waals surface area contributed by atoms with Gasteiger partial charge in [-0.3, -0.25) is 9.59 Å². The molecule has 0 saturated heterocycles. The number of amides is 2. The molecule has 0 spiro atoms. The van der Waals surface area contributed by atoms with Crippen molar-refractivity contribution in [2.24, 2.45) is 5.92 Å². The zero-order valence-corrected chi connectivity index (χ0v) is 14.5. The van der Waals surface area contributed by atoms with Crippen molar-refractivity contribution < 1.29 is 19.1 Å². The van der Waals surface area contributed by atoms with E-state index in [4.69, 9.17) is 9.47 Å². The second-order valence-corrected chi connectivity index (χ2v) is 5.40. The van der Waals surface area contributed by atoms with Crippen LogP contribution in [0.2, 0.25) is 0 Å². The van der Waals surface area contributed by atoms with Crippen LogP contribution in [0.15, 0.2) is 12.1 Å². The summed E-state index contributed by atoms with van der Waals surface area (Å²) in [5, 5.41) is 5.74. The quantitative estimate of drug-likeness (QED) is 0.788. The molecule has 1 atom stereocenters. The predicted molar refractivity (Wildman–Crippen MR) is 89.3 cm³/mol. The van der Waals surface area contributed by atoms with Gasteiger partial charge < -0.3 is 25.0 Å². The number of carbonyl (C=O) groups excluding carboxylic acids is 2. The summed E-state index contributed by atoms with van der Waals surface area (Å²) in [4.78, 5) is 26.1. The molecule has 0 fully saturated rings. The van der Waals surface area contributed by atoms with Gasteiger partial charge in [-0.1, -0.05) is 6.92 Å². The highest BCUT2D eigenvalue weighted by Crippen LogP contribution is 2.34. The zero-order chi connectivity index (χ0) is 17.6. The fourth-order valence-electron chi connectivity index (χ4n) is 2.06. The van der Waals surface area contributed by atoms with Crippen LogP contribution in [0.1, 0.15) is 17.3 Å². The number of carbonyl (C=O) groups is 2. The number of rotatable bonds is 7. The molecule has 7 heteroatoms. The van der Waals surface area contributed by atoms with Crippen LogP contribution in [-0.2, 0) is 4.79 Å². The van der Waals surface area contributed by atoms with E-state index in [2.05, 4.69) is 10.6 Å². The Morgan fingerprint density at radius 1 is 1.17 bits per heavy atom. The summed E-state index contributed by atoms with van der Waals surface area (Å²) in [6.45, 7) is 2.34. The minimum Gasteiger partial charge on any atom is -0.493 e. The molecule has 0 bridgehead atoms. The van der Waals surface area contributed by atoms with E-state index in [1.54, 1.807) is 40.2 Å². The van der Waals surface area contributed by atoms with Gasteiger partial charge in [-0.25, -0.2) is 0 Å². The van der Waals surface area contributed by atoms with Crippen LogP contribution in [0.5, 0.6) is 11.5 Å². The minimum atomic E-state index is -0.240. The summed E-state index contributed by atoms with van der Waals surface area (Å²) in [7, 11) is 8.07. The lowest BCUT2D eigenvalue weighted by molar-refractivity contribution is -0.119. The van der Waals surface area contributed by atoms with E-state index in [0.717, 1.165) is 0 Å². The van der Waals surface area contributed by atoms with E-state index in [9.17, 15) is 9.59 Å². The molecule has 0 radical (unpaired) electrons. The van der Waals surface area contributed by atoms with Gasteiger partial charge in [0.05, 0.1) is 25.5 Å². The number of nitrogens with zero attached hydrogens (tertiary/aromatic N) is 1. The molecule has 2 N–H and O–H groups in total. The Labute approximate surface area is 136 Å². The van der Waals surface area contributed by atoms with E-state index in [1.807, 2.05) is 0 Å². The van der Waals surface area contributed by atoms with Gasteiger partial charge in [-0.15, -0.1) is 0 Å². The molecule has 0 saturated carbocycles. The summed E-state index contributed by atoms with van der Waals surface area (Å²) < 4.78 is 10.5. The third kappa shape index (κ3) is 4.59. The molecule has 1 rings (SSSR count). The van der Waals surface area contributed by atoms with Crippen LogP contribution in [0.25, 0.3) is 0 Å². The molecule has 0 aromatic heterocycles. The largest absolute Gasteiger partial charge is 0.493 e. The van der Waals surface area contributed by atoms with Gasteiger partial charge >= 0.3 is 0 Å². The summed E-state index contributed by atoms with van der Waals surface area (Å²) in [5.74, 6) is 0.218. The maximum atomic E-state index is 12.4. The fourth-order valence-corrected chi connectivity index (χ4v) is 2.06. The van der Waals surface area contributed by atoms with Crippen molar-refractivity contribution >= 4 is 17.5 Å². The number of hydrogen-bond acceptors (Lipinski definition) is 5. The van der Waals surface area contributed by atoms with E-state index < -0.39 is 0 Å². The first-order chi connectivity index (χ1) is 10.8. The Hall–Kier alpha value is -2.28. The molecule has 1 unspecified atom stereocenters. The van der Waals surface area contributed by atoms with Gasteiger partial charge in [-0.05, 0) is 13.1 Å². The van der Waals surface area contributed by atoms with E-state index >= 15 is 0 Å². The van der Waals surface area contributed by atoms with Crippen molar-refractivity contribution in [2.75, 3.05) is 47.2 Å². The summed E-state index contributed by atoms with van der Waals surface area (Å²) >= 11 is 0. The third-order valence-electron chi connectivity index (χ3n) is 3.38. The van der Waals surface area contributed by atoms with Gasteiger partial charge in [0.25, 0.3) is 5.91 Å². The van der Waals surface area contributed by atoms with Crippen molar-refractivity contribution in [3.63, 3.8) is 0 Å². The van der Waals surface area contributed by atoms with E-state index in [-0.39, 0.29) is 17.7 Å². The van der Waals surface area contributed by atoms with Crippen LogP contribution in [0.3, 0.4) is 0 Å². The van der Waals surface area contributed by atoms with Crippen LogP contribution in [0.4, 0.5) is 5.69 Å². The van der Waals surface area contributed by atoms with Gasteiger partial charge in [0.15, 0.2) is 11.5 Å². The van der Waals surface area contributed by atoms with Crippen molar-refractivity contribution in [1.29, 1.82) is 0 Å². The molecule has 128 valence electrons. The molecular formula is C16H25N3O4. The van der Waals surface area contributed by atoms with Gasteiger partial charge in [0, 0.05) is 32.6 Å². The lowest BCUT2D eigenvalue weighted by Crippen LogP contribution is -2.30. The third-order valence-corrected chi connectivity index (χ3v) is 3.38. The van der Waals surface area contributed by atoms with Crippen LogP contribution in [-0.4, -0.2) is 58.6 Å². The smallest absolute Gasteiger partial charge is 0.255 e. The highest BCUT2D eigenvalue weighted by Gasteiger charge is 2.21. The number of anilines is 1. The van der Waals surface area contributed by atoms with Gasteiger partial charge in [0.1, 0.15) is 0 Å². The summed E-state index contributed by atoms with van der Waals surface area (Å²) in [5.41, 5.74) is 0.743. The fraction of sp³-hybridized carbons (Fsp3) is 0.500. The average molecular weight is 323 g/mol. The van der Waals surface area contributed by atoms with Crippen molar-refractivity contribution in [1.82, 2.24) is 10.2 Å². The molecular weight excluding hydrogens is 298 g/mol. The first-order valence-electron chi connectivity index (χ1n) is 7.28. The molecule has 0 aliphatic carbocycles. The number of nitrogens with one attached hydrogen (secondary N) is 2. The van der Waals surface area contributed by atoms with E-state index in [1.165, 1.54) is 19.1 Å². The number of benzene rings is 1. The standard InChI is InChI=1S/C16H25N3O4/c1-10(9-17-2)15(20)18-12-8-14(23-6)13(22-5)7-11(12)16(21)19(3)4/h7-8,10,17H,9H2,1-6H3,(H,18,20).